The Kier molecular flexibility index (Phi) is 4.25. The second-order valence-electron chi connectivity index (χ2n) is 5.85. The molecule has 0 aromatic carbocycles. The standard InChI is InChI=1S/C13H24N2O3/c1-13(2)9-18-8-11(14-3)12(16)15(13)6-10-4-5-17-7-10/h10-11,14H,4-9H2,1-3H3. The minimum atomic E-state index is -0.245. The van der Waals surface area contributed by atoms with Gasteiger partial charge in [0.1, 0.15) is 6.04 Å². The Labute approximate surface area is 109 Å². The van der Waals surface area contributed by atoms with E-state index in [0.29, 0.717) is 19.1 Å². The monoisotopic (exact) mass is 256 g/mol. The molecule has 2 aliphatic rings. The summed E-state index contributed by atoms with van der Waals surface area (Å²) in [7, 11) is 1.81. The zero-order valence-corrected chi connectivity index (χ0v) is 11.6. The van der Waals surface area contributed by atoms with E-state index in [9.17, 15) is 4.79 Å². The van der Waals surface area contributed by atoms with Crippen molar-refractivity contribution in [3.63, 3.8) is 0 Å². The molecule has 2 atom stereocenters. The van der Waals surface area contributed by atoms with Crippen molar-refractivity contribution in [2.75, 3.05) is 40.0 Å². The quantitative estimate of drug-likeness (QED) is 0.786. The first kappa shape index (κ1) is 13.8. The fourth-order valence-electron chi connectivity index (χ4n) is 2.59. The number of rotatable bonds is 3. The maximum Gasteiger partial charge on any atom is 0.242 e. The van der Waals surface area contributed by atoms with E-state index in [-0.39, 0.29) is 17.5 Å². The molecule has 0 bridgehead atoms. The van der Waals surface area contributed by atoms with Crippen LogP contribution in [-0.2, 0) is 14.3 Å². The highest BCUT2D eigenvalue weighted by Gasteiger charge is 2.39. The molecule has 18 heavy (non-hydrogen) atoms. The van der Waals surface area contributed by atoms with E-state index >= 15 is 0 Å². The number of hydrogen-bond donors (Lipinski definition) is 1. The van der Waals surface area contributed by atoms with E-state index in [0.717, 1.165) is 26.2 Å². The van der Waals surface area contributed by atoms with Gasteiger partial charge in [-0.05, 0) is 27.3 Å². The van der Waals surface area contributed by atoms with E-state index in [1.165, 1.54) is 0 Å². The number of nitrogens with one attached hydrogen (secondary N) is 1. The van der Waals surface area contributed by atoms with Crippen LogP contribution in [0, 0.1) is 5.92 Å². The molecule has 0 aromatic rings. The minimum absolute atomic E-state index is 0.145. The topological polar surface area (TPSA) is 50.8 Å². The lowest BCUT2D eigenvalue weighted by Crippen LogP contribution is -2.55. The van der Waals surface area contributed by atoms with Gasteiger partial charge >= 0.3 is 0 Å². The molecular weight excluding hydrogens is 232 g/mol. The molecular formula is C13H24N2O3. The molecule has 0 aliphatic carbocycles. The first-order chi connectivity index (χ1) is 8.54. The number of carbonyl (C=O) groups excluding carboxylic acids is 1. The molecule has 5 heteroatoms. The smallest absolute Gasteiger partial charge is 0.242 e. The molecule has 104 valence electrons. The van der Waals surface area contributed by atoms with Gasteiger partial charge in [0.05, 0.1) is 25.4 Å². The Morgan fingerprint density at radius 2 is 2.17 bits per heavy atom. The number of hydrogen-bond acceptors (Lipinski definition) is 4. The highest BCUT2D eigenvalue weighted by atomic mass is 16.5. The van der Waals surface area contributed by atoms with Gasteiger partial charge in [-0.15, -0.1) is 0 Å². The van der Waals surface area contributed by atoms with Crippen molar-refractivity contribution in [3.8, 4) is 0 Å². The fraction of sp³-hybridized carbons (Fsp3) is 0.923. The average molecular weight is 256 g/mol. The largest absolute Gasteiger partial charge is 0.381 e. The van der Waals surface area contributed by atoms with Gasteiger partial charge in [0, 0.05) is 19.1 Å². The van der Waals surface area contributed by atoms with Gasteiger partial charge in [-0.25, -0.2) is 0 Å². The summed E-state index contributed by atoms with van der Waals surface area (Å²) in [6.45, 7) is 7.54. The van der Waals surface area contributed by atoms with Gasteiger partial charge in [-0.1, -0.05) is 0 Å². The highest BCUT2D eigenvalue weighted by molar-refractivity contribution is 5.83. The van der Waals surface area contributed by atoms with Crippen LogP contribution in [0.25, 0.3) is 0 Å². The van der Waals surface area contributed by atoms with Crippen molar-refractivity contribution >= 4 is 5.91 Å². The van der Waals surface area contributed by atoms with Gasteiger partial charge in [0.15, 0.2) is 0 Å². The SMILES string of the molecule is CNC1COCC(C)(C)N(CC2CCOC2)C1=O. The third-order valence-electron chi connectivity index (χ3n) is 3.85. The van der Waals surface area contributed by atoms with E-state index in [1.54, 1.807) is 7.05 Å². The van der Waals surface area contributed by atoms with Gasteiger partial charge < -0.3 is 19.7 Å². The van der Waals surface area contributed by atoms with Crippen molar-refractivity contribution in [2.45, 2.75) is 31.8 Å². The first-order valence-electron chi connectivity index (χ1n) is 6.69. The molecule has 0 radical (unpaired) electrons. The van der Waals surface area contributed by atoms with Crippen LogP contribution in [0.5, 0.6) is 0 Å². The summed E-state index contributed by atoms with van der Waals surface area (Å²) in [4.78, 5) is 14.5. The summed E-state index contributed by atoms with van der Waals surface area (Å²) in [6.07, 6.45) is 1.05. The lowest BCUT2D eigenvalue weighted by Gasteiger charge is -2.38. The van der Waals surface area contributed by atoms with Crippen LogP contribution < -0.4 is 5.32 Å². The summed E-state index contributed by atoms with van der Waals surface area (Å²) in [5.41, 5.74) is -0.245. The lowest BCUT2D eigenvalue weighted by molar-refractivity contribution is -0.138. The molecule has 0 spiro atoms. The van der Waals surface area contributed by atoms with Crippen LogP contribution in [-0.4, -0.2) is 62.4 Å². The summed E-state index contributed by atoms with van der Waals surface area (Å²) >= 11 is 0. The zero-order chi connectivity index (χ0) is 13.2. The summed E-state index contributed by atoms with van der Waals surface area (Å²) in [5.74, 6) is 0.607. The summed E-state index contributed by atoms with van der Waals surface area (Å²) in [6, 6.07) is -0.228. The van der Waals surface area contributed by atoms with Crippen molar-refractivity contribution < 1.29 is 14.3 Å². The summed E-state index contributed by atoms with van der Waals surface area (Å²) in [5, 5.41) is 3.04. The molecule has 0 aromatic heterocycles. The molecule has 2 unspecified atom stereocenters. The van der Waals surface area contributed by atoms with Crippen LogP contribution in [0.15, 0.2) is 0 Å². The predicted molar refractivity (Wildman–Crippen MR) is 68.4 cm³/mol. The molecule has 1 N–H and O–H groups in total. The molecule has 2 heterocycles. The summed E-state index contributed by atoms with van der Waals surface area (Å²) < 4.78 is 11.0. The highest BCUT2D eigenvalue weighted by Crippen LogP contribution is 2.24. The van der Waals surface area contributed by atoms with Crippen molar-refractivity contribution in [3.05, 3.63) is 0 Å². The Morgan fingerprint density at radius 1 is 1.39 bits per heavy atom. The molecule has 2 saturated heterocycles. The van der Waals surface area contributed by atoms with Crippen molar-refractivity contribution in [1.29, 1.82) is 0 Å². The van der Waals surface area contributed by atoms with Crippen molar-refractivity contribution in [1.82, 2.24) is 10.2 Å². The normalized spacial score (nSPS) is 32.6. The molecule has 2 aliphatic heterocycles. The number of ether oxygens (including phenoxy) is 2. The maximum absolute atomic E-state index is 12.5. The Morgan fingerprint density at radius 3 is 2.78 bits per heavy atom. The van der Waals surface area contributed by atoms with Gasteiger partial charge in [0.2, 0.25) is 5.91 Å². The van der Waals surface area contributed by atoms with E-state index < -0.39 is 0 Å². The number of nitrogens with zero attached hydrogens (tertiary/aromatic N) is 1. The molecule has 0 saturated carbocycles. The van der Waals surface area contributed by atoms with Gasteiger partial charge in [-0.2, -0.15) is 0 Å². The lowest BCUT2D eigenvalue weighted by atomic mass is 9.99. The second-order valence-corrected chi connectivity index (χ2v) is 5.85. The van der Waals surface area contributed by atoms with Crippen LogP contribution in [0.2, 0.25) is 0 Å². The number of carbonyl (C=O) groups is 1. The average Bonchev–Trinajstić information content (AvgIpc) is 2.80. The van der Waals surface area contributed by atoms with Crippen LogP contribution in [0.1, 0.15) is 20.3 Å². The fourth-order valence-corrected chi connectivity index (χ4v) is 2.59. The Balaban J connectivity index is 2.11. The number of amides is 1. The van der Waals surface area contributed by atoms with Crippen LogP contribution in [0.4, 0.5) is 0 Å². The van der Waals surface area contributed by atoms with Gasteiger partial charge in [0.25, 0.3) is 0 Å². The third-order valence-corrected chi connectivity index (χ3v) is 3.85. The van der Waals surface area contributed by atoms with E-state index in [4.69, 9.17) is 9.47 Å². The van der Waals surface area contributed by atoms with E-state index in [2.05, 4.69) is 19.2 Å². The first-order valence-corrected chi connectivity index (χ1v) is 6.69. The van der Waals surface area contributed by atoms with E-state index in [1.807, 2.05) is 4.90 Å². The Hall–Kier alpha value is -0.650. The molecule has 2 rings (SSSR count). The number of likely N-dealkylation sites (N-methyl/N-ethyl adjacent to an activating group) is 1. The third kappa shape index (κ3) is 2.84. The van der Waals surface area contributed by atoms with Gasteiger partial charge in [-0.3, -0.25) is 4.79 Å². The van der Waals surface area contributed by atoms with Crippen molar-refractivity contribution in [2.24, 2.45) is 5.92 Å². The molecule has 5 nitrogen and oxygen atoms in total. The maximum atomic E-state index is 12.5. The minimum Gasteiger partial charge on any atom is -0.381 e. The van der Waals surface area contributed by atoms with Crippen LogP contribution in [0.3, 0.4) is 0 Å². The second kappa shape index (κ2) is 5.55. The Bertz CT molecular complexity index is 301. The molecule has 1 amide bonds. The van der Waals surface area contributed by atoms with Crippen LogP contribution >= 0.6 is 0 Å². The zero-order valence-electron chi connectivity index (χ0n) is 11.6. The predicted octanol–water partition coefficient (Wildman–Crippen LogP) is 0.248. The molecule has 2 fully saturated rings.